The molecule has 0 spiro atoms. The van der Waals surface area contributed by atoms with E-state index in [4.69, 9.17) is 0 Å². The number of hydrogen-bond acceptors (Lipinski definition) is 3. The molecule has 3 rings (SSSR count). The van der Waals surface area contributed by atoms with Gasteiger partial charge in [0, 0.05) is 12.4 Å². The van der Waals surface area contributed by atoms with Gasteiger partial charge in [-0.25, -0.2) is 9.37 Å². The minimum atomic E-state index is -0.236. The van der Waals surface area contributed by atoms with Gasteiger partial charge >= 0.3 is 0 Å². The van der Waals surface area contributed by atoms with E-state index in [1.54, 1.807) is 18.5 Å². The van der Waals surface area contributed by atoms with E-state index >= 15 is 0 Å². The van der Waals surface area contributed by atoms with Gasteiger partial charge < -0.3 is 0 Å². The summed E-state index contributed by atoms with van der Waals surface area (Å²) in [5, 5.41) is 0.842. The molecule has 0 bridgehead atoms. The fourth-order valence-corrected chi connectivity index (χ4v) is 2.55. The lowest BCUT2D eigenvalue weighted by atomic mass is 10.2. The Morgan fingerprint density at radius 1 is 1.00 bits per heavy atom. The number of rotatable bonds is 2. The van der Waals surface area contributed by atoms with Crippen LogP contribution in [0.2, 0.25) is 0 Å². The van der Waals surface area contributed by atoms with Crippen LogP contribution in [0.25, 0.3) is 21.1 Å². The van der Waals surface area contributed by atoms with Crippen molar-refractivity contribution in [3.8, 4) is 21.1 Å². The third-order valence-corrected chi connectivity index (χ3v) is 3.57. The molecule has 2 nitrogen and oxygen atoms in total. The average Bonchev–Trinajstić information content (AvgIpc) is 2.89. The third kappa shape index (κ3) is 2.15. The van der Waals surface area contributed by atoms with Gasteiger partial charge in [0.2, 0.25) is 0 Å². The number of nitrogens with zero attached hydrogens (tertiary/aromatic N) is 2. The molecule has 2 aromatic heterocycles. The van der Waals surface area contributed by atoms with Gasteiger partial charge in [0.15, 0.2) is 0 Å². The first kappa shape index (κ1) is 11.0. The maximum atomic E-state index is 13.2. The first-order chi connectivity index (χ1) is 8.83. The maximum absolute atomic E-state index is 13.2. The largest absolute Gasteiger partial charge is 0.254 e. The molecule has 88 valence electrons. The molecule has 0 radical (unpaired) electrons. The van der Waals surface area contributed by atoms with Crippen molar-refractivity contribution in [2.75, 3.05) is 0 Å². The molecule has 0 aliphatic heterocycles. The highest BCUT2D eigenvalue weighted by Gasteiger charge is 2.07. The molecule has 0 atom stereocenters. The molecule has 4 heteroatoms. The number of benzene rings is 1. The number of pyridine rings is 1. The first-order valence-corrected chi connectivity index (χ1v) is 6.28. The molecule has 18 heavy (non-hydrogen) atoms. The van der Waals surface area contributed by atoms with E-state index in [-0.39, 0.29) is 5.82 Å². The molecule has 3 aromatic rings. The van der Waals surface area contributed by atoms with Crippen LogP contribution in [0.15, 0.2) is 54.9 Å². The number of halogens is 1. The van der Waals surface area contributed by atoms with Crippen LogP contribution in [-0.4, -0.2) is 9.97 Å². The number of hydrogen-bond donors (Lipinski definition) is 0. The van der Waals surface area contributed by atoms with Crippen LogP contribution in [0.5, 0.6) is 0 Å². The van der Waals surface area contributed by atoms with Gasteiger partial charge in [0.25, 0.3) is 0 Å². The van der Waals surface area contributed by atoms with E-state index in [2.05, 4.69) is 9.97 Å². The third-order valence-electron chi connectivity index (χ3n) is 2.50. The van der Waals surface area contributed by atoms with Crippen LogP contribution in [0.3, 0.4) is 0 Å². The monoisotopic (exact) mass is 256 g/mol. The highest BCUT2D eigenvalue weighted by Crippen LogP contribution is 2.31. The van der Waals surface area contributed by atoms with E-state index in [1.165, 1.54) is 23.5 Å². The quantitative estimate of drug-likeness (QED) is 0.692. The van der Waals surface area contributed by atoms with Gasteiger partial charge in [-0.05, 0) is 29.8 Å². The standard InChI is InChI=1S/C14H9FN2S/c15-11-5-3-4-10(8-11)13-9-17-14(18-13)12-6-1-2-7-16-12/h1-9H. The minimum Gasteiger partial charge on any atom is -0.254 e. The summed E-state index contributed by atoms with van der Waals surface area (Å²) in [6.45, 7) is 0. The Kier molecular flexibility index (Phi) is 2.86. The summed E-state index contributed by atoms with van der Waals surface area (Å²) in [5.41, 5.74) is 1.68. The van der Waals surface area contributed by atoms with Crippen molar-refractivity contribution in [3.63, 3.8) is 0 Å². The van der Waals surface area contributed by atoms with Gasteiger partial charge in [-0.3, -0.25) is 4.98 Å². The van der Waals surface area contributed by atoms with Crippen molar-refractivity contribution >= 4 is 11.3 Å². The molecule has 0 saturated heterocycles. The second kappa shape index (κ2) is 4.66. The van der Waals surface area contributed by atoms with Gasteiger partial charge in [-0.15, -0.1) is 11.3 Å². The summed E-state index contributed by atoms with van der Waals surface area (Å²) in [4.78, 5) is 9.51. The summed E-state index contributed by atoms with van der Waals surface area (Å²) in [6.07, 6.45) is 3.49. The Morgan fingerprint density at radius 2 is 1.94 bits per heavy atom. The summed E-state index contributed by atoms with van der Waals surface area (Å²) in [5.74, 6) is -0.236. The lowest BCUT2D eigenvalue weighted by Crippen LogP contribution is -1.78. The smallest absolute Gasteiger partial charge is 0.142 e. The Morgan fingerprint density at radius 3 is 2.72 bits per heavy atom. The fraction of sp³-hybridized carbons (Fsp3) is 0. The second-order valence-corrected chi connectivity index (χ2v) is 4.79. The molecular weight excluding hydrogens is 247 g/mol. The Labute approximate surface area is 108 Å². The Hall–Kier alpha value is -2.07. The van der Waals surface area contributed by atoms with Crippen molar-refractivity contribution < 1.29 is 4.39 Å². The van der Waals surface area contributed by atoms with Crippen molar-refractivity contribution in [2.24, 2.45) is 0 Å². The summed E-state index contributed by atoms with van der Waals surface area (Å²) in [7, 11) is 0. The van der Waals surface area contributed by atoms with E-state index < -0.39 is 0 Å². The molecule has 0 N–H and O–H groups in total. The molecule has 0 fully saturated rings. The van der Waals surface area contributed by atoms with Crippen molar-refractivity contribution in [1.29, 1.82) is 0 Å². The van der Waals surface area contributed by atoms with Crippen molar-refractivity contribution in [1.82, 2.24) is 9.97 Å². The highest BCUT2D eigenvalue weighted by molar-refractivity contribution is 7.18. The predicted molar refractivity (Wildman–Crippen MR) is 70.7 cm³/mol. The molecule has 0 amide bonds. The van der Waals surface area contributed by atoms with Gasteiger partial charge in [-0.2, -0.15) is 0 Å². The van der Waals surface area contributed by atoms with Crippen LogP contribution in [0.4, 0.5) is 4.39 Å². The van der Waals surface area contributed by atoms with E-state index in [0.717, 1.165) is 21.1 Å². The van der Waals surface area contributed by atoms with Crippen LogP contribution < -0.4 is 0 Å². The van der Waals surface area contributed by atoms with E-state index in [9.17, 15) is 4.39 Å². The van der Waals surface area contributed by atoms with Crippen molar-refractivity contribution in [3.05, 3.63) is 60.7 Å². The highest BCUT2D eigenvalue weighted by atomic mass is 32.1. The summed E-state index contributed by atoms with van der Waals surface area (Å²) in [6, 6.07) is 12.2. The average molecular weight is 256 g/mol. The Balaban J connectivity index is 2.00. The summed E-state index contributed by atoms with van der Waals surface area (Å²) >= 11 is 1.51. The van der Waals surface area contributed by atoms with Crippen molar-refractivity contribution in [2.45, 2.75) is 0 Å². The lowest BCUT2D eigenvalue weighted by molar-refractivity contribution is 0.628. The maximum Gasteiger partial charge on any atom is 0.142 e. The normalized spacial score (nSPS) is 10.5. The zero-order chi connectivity index (χ0) is 12.4. The summed E-state index contributed by atoms with van der Waals surface area (Å²) < 4.78 is 13.2. The molecule has 0 aliphatic rings. The zero-order valence-electron chi connectivity index (χ0n) is 9.38. The molecule has 2 heterocycles. The zero-order valence-corrected chi connectivity index (χ0v) is 10.2. The van der Waals surface area contributed by atoms with Gasteiger partial charge in [-0.1, -0.05) is 18.2 Å². The fourth-order valence-electron chi connectivity index (χ4n) is 1.66. The SMILES string of the molecule is Fc1cccc(-c2cnc(-c3ccccn3)s2)c1. The Bertz CT molecular complexity index is 664. The van der Waals surface area contributed by atoms with Crippen LogP contribution in [0.1, 0.15) is 0 Å². The first-order valence-electron chi connectivity index (χ1n) is 5.46. The molecule has 0 aliphatic carbocycles. The van der Waals surface area contributed by atoms with Crippen LogP contribution in [-0.2, 0) is 0 Å². The predicted octanol–water partition coefficient (Wildman–Crippen LogP) is 4.01. The second-order valence-electron chi connectivity index (χ2n) is 3.75. The van der Waals surface area contributed by atoms with Gasteiger partial charge in [0.05, 0.1) is 10.6 Å². The molecule has 0 saturated carbocycles. The van der Waals surface area contributed by atoms with E-state index in [0.29, 0.717) is 0 Å². The van der Waals surface area contributed by atoms with E-state index in [1.807, 2.05) is 24.3 Å². The topological polar surface area (TPSA) is 25.8 Å². The van der Waals surface area contributed by atoms with Crippen LogP contribution >= 0.6 is 11.3 Å². The minimum absolute atomic E-state index is 0.236. The number of thiazole rings is 1. The molecular formula is C14H9FN2S. The molecule has 0 unspecified atom stereocenters. The lowest BCUT2D eigenvalue weighted by Gasteiger charge is -1.96. The van der Waals surface area contributed by atoms with Gasteiger partial charge in [0.1, 0.15) is 10.8 Å². The number of aromatic nitrogens is 2. The van der Waals surface area contributed by atoms with Crippen LogP contribution in [0, 0.1) is 5.82 Å². The molecule has 1 aromatic carbocycles.